The zero-order valence-electron chi connectivity index (χ0n) is 17.1. The first kappa shape index (κ1) is 25.2. The largest absolute Gasteiger partial charge is 0.325 e. The second-order valence-corrected chi connectivity index (χ2v) is 10.1. The third-order valence-corrected chi connectivity index (χ3v) is 6.58. The summed E-state index contributed by atoms with van der Waals surface area (Å²) in [4.78, 5) is 31.0. The zero-order chi connectivity index (χ0) is 20.7. The van der Waals surface area contributed by atoms with Crippen molar-refractivity contribution < 1.29 is 19.1 Å². The van der Waals surface area contributed by atoms with Gasteiger partial charge in [-0.1, -0.05) is 64.0 Å². The monoisotopic (exact) mass is 429 g/mol. The Morgan fingerprint density at radius 1 is 0.964 bits per heavy atom. The number of rotatable bonds is 16. The number of benzene rings is 1. The van der Waals surface area contributed by atoms with E-state index in [9.17, 15) is 9.36 Å². The molecule has 0 heterocycles. The van der Waals surface area contributed by atoms with Crippen LogP contribution < -0.4 is 5.32 Å². The predicted molar refractivity (Wildman–Crippen MR) is 119 cm³/mol. The Kier molecular flexibility index (Phi) is 13.6. The molecular weight excluding hydrogens is 393 g/mol. The maximum Gasteiger partial charge on any atom is 0.325 e. The molecule has 0 fully saturated rings. The summed E-state index contributed by atoms with van der Waals surface area (Å²) >= 11 is 1.81. The lowest BCUT2D eigenvalue weighted by Crippen LogP contribution is -2.11. The van der Waals surface area contributed by atoms with Gasteiger partial charge in [0.15, 0.2) is 0 Å². The lowest BCUT2D eigenvalue weighted by Gasteiger charge is -2.10. The Labute approximate surface area is 174 Å². The number of unbranched alkanes of at least 4 members (excludes halogenated alkanes) is 8. The second-order valence-electron chi connectivity index (χ2n) is 7.21. The Balaban J connectivity index is 2.14. The number of amides is 1. The summed E-state index contributed by atoms with van der Waals surface area (Å²) in [6, 6.07) is 8.01. The molecular formula is C21H36NO4PS. The number of carbonyl (C=O) groups is 1. The number of hydrogen-bond acceptors (Lipinski definition) is 3. The van der Waals surface area contributed by atoms with Crippen LogP contribution in [0.15, 0.2) is 29.2 Å². The molecule has 28 heavy (non-hydrogen) atoms. The van der Waals surface area contributed by atoms with Crippen molar-refractivity contribution in [2.24, 2.45) is 0 Å². The van der Waals surface area contributed by atoms with Crippen LogP contribution in [-0.4, -0.2) is 27.6 Å². The lowest BCUT2D eigenvalue weighted by molar-refractivity contribution is -0.116. The molecule has 1 rings (SSSR count). The van der Waals surface area contributed by atoms with Gasteiger partial charge in [0.1, 0.15) is 0 Å². The van der Waals surface area contributed by atoms with Crippen LogP contribution >= 0.6 is 19.4 Å². The maximum atomic E-state index is 12.2. The molecule has 0 spiro atoms. The van der Waals surface area contributed by atoms with Crippen molar-refractivity contribution in [1.29, 1.82) is 0 Å². The van der Waals surface area contributed by atoms with E-state index in [0.717, 1.165) is 54.9 Å². The average Bonchev–Trinajstić information content (AvgIpc) is 2.64. The first-order valence-corrected chi connectivity index (χ1v) is 13.3. The molecule has 160 valence electrons. The Hall–Kier alpha value is -0.810. The molecule has 1 aromatic rings. The smallest absolute Gasteiger partial charge is 0.325 e. The van der Waals surface area contributed by atoms with Crippen LogP contribution in [0.4, 0.5) is 5.69 Å². The van der Waals surface area contributed by atoms with Gasteiger partial charge in [-0.2, -0.15) is 0 Å². The van der Waals surface area contributed by atoms with Crippen molar-refractivity contribution in [2.75, 3.05) is 17.2 Å². The number of thioether (sulfide) groups is 1. The SMILES string of the molecule is CCCCCSc1ccccc1NC(=O)CCCCCCCCCP(=O)(O)O. The van der Waals surface area contributed by atoms with Crippen LogP contribution in [-0.2, 0) is 9.36 Å². The average molecular weight is 430 g/mol. The number of anilines is 1. The highest BCUT2D eigenvalue weighted by Gasteiger charge is 2.11. The zero-order valence-corrected chi connectivity index (χ0v) is 18.8. The quantitative estimate of drug-likeness (QED) is 0.165. The van der Waals surface area contributed by atoms with E-state index in [1.165, 1.54) is 19.3 Å². The second kappa shape index (κ2) is 15.1. The molecule has 0 aliphatic carbocycles. The van der Waals surface area contributed by atoms with Crippen LogP contribution in [0.3, 0.4) is 0 Å². The molecule has 7 heteroatoms. The van der Waals surface area contributed by atoms with Crippen LogP contribution in [0.25, 0.3) is 0 Å². The molecule has 0 saturated heterocycles. The Morgan fingerprint density at radius 3 is 2.29 bits per heavy atom. The van der Waals surface area contributed by atoms with Crippen molar-refractivity contribution in [3.05, 3.63) is 24.3 Å². The maximum absolute atomic E-state index is 12.2. The van der Waals surface area contributed by atoms with Gasteiger partial charge in [-0.3, -0.25) is 9.36 Å². The van der Waals surface area contributed by atoms with Gasteiger partial charge < -0.3 is 15.1 Å². The van der Waals surface area contributed by atoms with Gasteiger partial charge in [-0.05, 0) is 37.1 Å². The number of para-hydroxylation sites is 1. The summed E-state index contributed by atoms with van der Waals surface area (Å²) < 4.78 is 10.8. The van der Waals surface area contributed by atoms with Crippen molar-refractivity contribution in [2.45, 2.75) is 82.4 Å². The van der Waals surface area contributed by atoms with E-state index in [-0.39, 0.29) is 12.1 Å². The van der Waals surface area contributed by atoms with Crippen molar-refractivity contribution >= 4 is 31.0 Å². The first-order valence-electron chi connectivity index (χ1n) is 10.5. The van der Waals surface area contributed by atoms with E-state index in [2.05, 4.69) is 18.3 Å². The number of carbonyl (C=O) groups excluding carboxylic acids is 1. The number of nitrogens with one attached hydrogen (secondary N) is 1. The van der Waals surface area contributed by atoms with Crippen molar-refractivity contribution in [3.63, 3.8) is 0 Å². The van der Waals surface area contributed by atoms with Gasteiger partial charge in [0, 0.05) is 17.5 Å². The molecule has 0 aromatic heterocycles. The van der Waals surface area contributed by atoms with Crippen LogP contribution in [0.1, 0.15) is 77.6 Å². The highest BCUT2D eigenvalue weighted by Crippen LogP contribution is 2.35. The Bertz CT molecular complexity index is 606. The minimum Gasteiger partial charge on any atom is -0.325 e. The molecule has 0 aliphatic heterocycles. The van der Waals surface area contributed by atoms with Gasteiger partial charge in [0.2, 0.25) is 5.91 Å². The van der Waals surface area contributed by atoms with Gasteiger partial charge in [0.05, 0.1) is 5.69 Å². The van der Waals surface area contributed by atoms with Gasteiger partial charge in [-0.25, -0.2) is 0 Å². The molecule has 1 amide bonds. The van der Waals surface area contributed by atoms with E-state index in [1.807, 2.05) is 30.0 Å². The Morgan fingerprint density at radius 2 is 1.61 bits per heavy atom. The first-order chi connectivity index (χ1) is 13.4. The predicted octanol–water partition coefficient (Wildman–Crippen LogP) is 6.21. The summed E-state index contributed by atoms with van der Waals surface area (Å²) in [5.41, 5.74) is 0.916. The van der Waals surface area contributed by atoms with E-state index < -0.39 is 7.60 Å². The fraction of sp³-hybridized carbons (Fsp3) is 0.667. The fourth-order valence-corrected chi connectivity index (χ4v) is 4.58. The molecule has 0 radical (unpaired) electrons. The van der Waals surface area contributed by atoms with E-state index >= 15 is 0 Å². The number of hydrogen-bond donors (Lipinski definition) is 3. The molecule has 5 nitrogen and oxygen atoms in total. The minimum atomic E-state index is -3.83. The van der Waals surface area contributed by atoms with Gasteiger partial charge in [-0.15, -0.1) is 11.8 Å². The molecule has 3 N–H and O–H groups in total. The van der Waals surface area contributed by atoms with E-state index in [0.29, 0.717) is 12.8 Å². The molecule has 0 atom stereocenters. The topological polar surface area (TPSA) is 86.6 Å². The molecule has 1 aromatic carbocycles. The summed E-state index contributed by atoms with van der Waals surface area (Å²) in [6.07, 6.45) is 10.6. The standard InChI is InChI=1S/C21H36NO4PS/c1-2-3-13-18-28-20-15-11-10-14-19(20)22-21(23)16-9-7-5-4-6-8-12-17-27(24,25)26/h10-11,14-15H,2-9,12-13,16-18H2,1H3,(H,22,23)(H2,24,25,26). The summed E-state index contributed by atoms with van der Waals surface area (Å²) in [7, 11) is -3.83. The fourth-order valence-electron chi connectivity index (χ4n) is 2.93. The van der Waals surface area contributed by atoms with Crippen molar-refractivity contribution in [3.8, 4) is 0 Å². The molecule has 0 unspecified atom stereocenters. The highest BCUT2D eigenvalue weighted by atomic mass is 32.2. The van der Waals surface area contributed by atoms with Crippen LogP contribution in [0.2, 0.25) is 0 Å². The molecule has 0 bridgehead atoms. The summed E-state index contributed by atoms with van der Waals surface area (Å²) in [5, 5.41) is 3.05. The van der Waals surface area contributed by atoms with E-state index in [4.69, 9.17) is 9.79 Å². The summed E-state index contributed by atoms with van der Waals surface area (Å²) in [6.45, 7) is 2.20. The van der Waals surface area contributed by atoms with E-state index in [1.54, 1.807) is 0 Å². The van der Waals surface area contributed by atoms with Crippen molar-refractivity contribution in [1.82, 2.24) is 0 Å². The lowest BCUT2D eigenvalue weighted by atomic mass is 10.1. The molecule has 0 saturated carbocycles. The van der Waals surface area contributed by atoms with Crippen LogP contribution in [0, 0.1) is 0 Å². The molecule has 0 aliphatic rings. The normalized spacial score (nSPS) is 11.5. The highest BCUT2D eigenvalue weighted by molar-refractivity contribution is 7.99. The van der Waals surface area contributed by atoms with Gasteiger partial charge >= 0.3 is 7.60 Å². The minimum absolute atomic E-state index is 0.00840. The third-order valence-electron chi connectivity index (χ3n) is 4.52. The van der Waals surface area contributed by atoms with Gasteiger partial charge in [0.25, 0.3) is 0 Å². The summed E-state index contributed by atoms with van der Waals surface area (Å²) in [5.74, 6) is 1.15. The van der Waals surface area contributed by atoms with Crippen LogP contribution in [0.5, 0.6) is 0 Å². The third kappa shape index (κ3) is 13.4.